The lowest BCUT2D eigenvalue weighted by atomic mass is 10.1. The number of nitrogens with one attached hydrogen (secondary N) is 2. The Morgan fingerprint density at radius 2 is 1.74 bits per heavy atom. The van der Waals surface area contributed by atoms with Crippen molar-refractivity contribution in [2.75, 3.05) is 13.1 Å². The van der Waals surface area contributed by atoms with E-state index in [1.165, 1.54) is 0 Å². The predicted octanol–water partition coefficient (Wildman–Crippen LogP) is 2.44. The number of carbonyl (C=O) groups is 1. The Morgan fingerprint density at radius 3 is 2.44 bits per heavy atom. The minimum Gasteiger partial charge on any atom is -0.488 e. The molecule has 1 heterocycles. The van der Waals surface area contributed by atoms with Crippen LogP contribution in [0.15, 0.2) is 59.7 Å². The maximum absolute atomic E-state index is 12.6. The smallest absolute Gasteiger partial charge is 0.275 e. The molecule has 0 aromatic heterocycles. The second kappa shape index (κ2) is 9.33. The minimum atomic E-state index is -0.232. The molecular weight excluding hydrogens is 338 g/mol. The van der Waals surface area contributed by atoms with Gasteiger partial charge in [0.15, 0.2) is 0 Å². The third-order valence-corrected chi connectivity index (χ3v) is 4.97. The normalized spacial score (nSPS) is 16.9. The number of quaternary nitrogens is 1. The maximum Gasteiger partial charge on any atom is 0.275 e. The summed E-state index contributed by atoms with van der Waals surface area (Å²) in [7, 11) is 0. The first-order valence-electron chi connectivity index (χ1n) is 9.59. The highest BCUT2D eigenvalue weighted by atomic mass is 16.5. The van der Waals surface area contributed by atoms with Gasteiger partial charge in [0.2, 0.25) is 0 Å². The molecule has 1 fully saturated rings. The second-order valence-electron chi connectivity index (χ2n) is 7.20. The predicted molar refractivity (Wildman–Crippen MR) is 107 cm³/mol. The van der Waals surface area contributed by atoms with E-state index in [1.807, 2.05) is 48.5 Å². The van der Waals surface area contributed by atoms with Crippen LogP contribution >= 0.6 is 0 Å². The quantitative estimate of drug-likeness (QED) is 0.772. The van der Waals surface area contributed by atoms with E-state index in [0.717, 1.165) is 37.2 Å². The summed E-state index contributed by atoms with van der Waals surface area (Å²) in [5, 5.41) is 4.36. The highest BCUT2D eigenvalue weighted by Crippen LogP contribution is 2.19. The highest BCUT2D eigenvalue weighted by Gasteiger charge is 2.21. The zero-order valence-corrected chi connectivity index (χ0v) is 16.1. The van der Waals surface area contributed by atoms with Crippen LogP contribution in [0, 0.1) is 0 Å². The monoisotopic (exact) mass is 366 g/mol. The van der Waals surface area contributed by atoms with E-state index in [0.29, 0.717) is 24.0 Å². The molecular formula is C22H28N3O2+. The molecule has 2 N–H and O–H groups in total. The van der Waals surface area contributed by atoms with Gasteiger partial charge in [-0.2, -0.15) is 5.10 Å². The molecule has 2 aromatic carbocycles. The van der Waals surface area contributed by atoms with Crippen molar-refractivity contribution in [1.29, 1.82) is 0 Å². The molecule has 5 heteroatoms. The molecule has 0 unspecified atom stereocenters. The molecule has 2 aromatic rings. The Kier molecular flexibility index (Phi) is 6.60. The average molecular weight is 366 g/mol. The minimum absolute atomic E-state index is 0.232. The Balaban J connectivity index is 1.59. The number of carbonyl (C=O) groups excluding carboxylic acids is 1. The molecule has 0 aliphatic carbocycles. The van der Waals surface area contributed by atoms with Crippen molar-refractivity contribution in [3.63, 3.8) is 0 Å². The van der Waals surface area contributed by atoms with Crippen LogP contribution in [-0.4, -0.2) is 30.8 Å². The Morgan fingerprint density at radius 1 is 1.07 bits per heavy atom. The topological polar surface area (TPSA) is 55.1 Å². The summed E-state index contributed by atoms with van der Waals surface area (Å²) in [4.78, 5) is 14.2. The van der Waals surface area contributed by atoms with Crippen molar-refractivity contribution in [2.24, 2.45) is 5.10 Å². The zero-order chi connectivity index (χ0) is 19.1. The Bertz CT molecular complexity index is 777. The van der Waals surface area contributed by atoms with Crippen LogP contribution in [0.3, 0.4) is 0 Å². The van der Waals surface area contributed by atoms with Crippen LogP contribution in [-0.2, 0) is 6.61 Å². The number of benzene rings is 2. The van der Waals surface area contributed by atoms with Gasteiger partial charge in [-0.1, -0.05) is 42.5 Å². The highest BCUT2D eigenvalue weighted by molar-refractivity contribution is 5.97. The number of piperidine rings is 1. The van der Waals surface area contributed by atoms with Gasteiger partial charge in [-0.15, -0.1) is 0 Å². The third kappa shape index (κ3) is 5.41. The van der Waals surface area contributed by atoms with Gasteiger partial charge in [0.25, 0.3) is 5.91 Å². The molecule has 27 heavy (non-hydrogen) atoms. The number of nitrogens with zero attached hydrogens (tertiary/aromatic N) is 1. The van der Waals surface area contributed by atoms with Crippen molar-refractivity contribution in [2.45, 2.75) is 39.3 Å². The van der Waals surface area contributed by atoms with Crippen molar-refractivity contribution in [3.8, 4) is 5.75 Å². The first kappa shape index (κ1) is 19.1. The summed E-state index contributed by atoms with van der Waals surface area (Å²) < 4.78 is 5.86. The number of hydrogen-bond donors (Lipinski definition) is 2. The number of rotatable bonds is 6. The fourth-order valence-corrected chi connectivity index (χ4v) is 3.25. The number of likely N-dealkylation sites (tertiary alicyclic amines) is 1. The largest absolute Gasteiger partial charge is 0.488 e. The summed E-state index contributed by atoms with van der Waals surface area (Å²) in [5.74, 6) is 0.336. The molecule has 1 aliphatic heterocycles. The summed E-state index contributed by atoms with van der Waals surface area (Å²) in [6.07, 6.45) is 1.86. The van der Waals surface area contributed by atoms with Gasteiger partial charge in [0, 0.05) is 18.6 Å². The van der Waals surface area contributed by atoms with Gasteiger partial charge < -0.3 is 9.64 Å². The first-order chi connectivity index (χ1) is 13.1. The van der Waals surface area contributed by atoms with Crippen molar-refractivity contribution >= 4 is 11.6 Å². The van der Waals surface area contributed by atoms with E-state index < -0.39 is 0 Å². The van der Waals surface area contributed by atoms with Gasteiger partial charge in [-0.3, -0.25) is 4.79 Å². The Labute approximate surface area is 161 Å². The second-order valence-corrected chi connectivity index (χ2v) is 7.20. The van der Waals surface area contributed by atoms with E-state index in [9.17, 15) is 4.79 Å². The molecule has 0 bridgehead atoms. The SMILES string of the molecule is CC(C)[NH+]1CCC(=NNC(=O)c2ccccc2OCc2ccccc2)CC1. The number of hydrazone groups is 1. The molecule has 0 saturated carbocycles. The number of ether oxygens (including phenoxy) is 1. The van der Waals surface area contributed by atoms with Crippen molar-refractivity contribution < 1.29 is 14.4 Å². The van der Waals surface area contributed by atoms with Gasteiger partial charge in [0.05, 0.1) is 24.7 Å². The van der Waals surface area contributed by atoms with Crippen LogP contribution in [0.25, 0.3) is 0 Å². The Hall–Kier alpha value is -2.66. The van der Waals surface area contributed by atoms with Gasteiger partial charge in [-0.05, 0) is 31.5 Å². The molecule has 0 atom stereocenters. The van der Waals surface area contributed by atoms with Crippen LogP contribution in [0.2, 0.25) is 0 Å². The van der Waals surface area contributed by atoms with Crippen LogP contribution in [0.4, 0.5) is 0 Å². The maximum atomic E-state index is 12.6. The average Bonchev–Trinajstić information content (AvgIpc) is 2.71. The van der Waals surface area contributed by atoms with Gasteiger partial charge in [0.1, 0.15) is 12.4 Å². The third-order valence-electron chi connectivity index (χ3n) is 4.97. The van der Waals surface area contributed by atoms with E-state index in [4.69, 9.17) is 4.74 Å². The van der Waals surface area contributed by atoms with E-state index in [-0.39, 0.29) is 5.91 Å². The van der Waals surface area contributed by atoms with Crippen molar-refractivity contribution in [3.05, 3.63) is 65.7 Å². The number of para-hydroxylation sites is 1. The van der Waals surface area contributed by atoms with Crippen molar-refractivity contribution in [1.82, 2.24) is 5.43 Å². The lowest BCUT2D eigenvalue weighted by Gasteiger charge is -2.27. The summed E-state index contributed by atoms with van der Waals surface area (Å²) in [5.41, 5.74) is 5.34. The molecule has 0 radical (unpaired) electrons. The van der Waals surface area contributed by atoms with Gasteiger partial charge >= 0.3 is 0 Å². The standard InChI is InChI=1S/C22H27N3O2/c1-17(2)25-14-12-19(13-15-25)23-24-22(26)20-10-6-7-11-21(20)27-16-18-8-4-3-5-9-18/h3-11,17H,12-16H2,1-2H3,(H,24,26)/p+1. The van der Waals surface area contributed by atoms with Gasteiger partial charge in [-0.25, -0.2) is 5.43 Å². The molecule has 1 amide bonds. The summed E-state index contributed by atoms with van der Waals surface area (Å²) in [6.45, 7) is 7.05. The van der Waals surface area contributed by atoms with Crippen LogP contribution < -0.4 is 15.1 Å². The van der Waals surface area contributed by atoms with Crippen LogP contribution in [0.1, 0.15) is 42.6 Å². The molecule has 142 valence electrons. The fourth-order valence-electron chi connectivity index (χ4n) is 3.25. The molecule has 5 nitrogen and oxygen atoms in total. The van der Waals surface area contributed by atoms with E-state index in [2.05, 4.69) is 24.4 Å². The fraction of sp³-hybridized carbons (Fsp3) is 0.364. The summed E-state index contributed by atoms with van der Waals surface area (Å²) in [6, 6.07) is 17.8. The zero-order valence-electron chi connectivity index (χ0n) is 16.1. The van der Waals surface area contributed by atoms with E-state index in [1.54, 1.807) is 11.0 Å². The lowest BCUT2D eigenvalue weighted by Crippen LogP contribution is -3.16. The molecule has 0 spiro atoms. The number of hydrogen-bond acceptors (Lipinski definition) is 3. The molecule has 3 rings (SSSR count). The number of amides is 1. The first-order valence-corrected chi connectivity index (χ1v) is 9.59. The van der Waals surface area contributed by atoms with Crippen LogP contribution in [0.5, 0.6) is 5.75 Å². The van der Waals surface area contributed by atoms with E-state index >= 15 is 0 Å². The molecule has 1 aliphatic rings. The lowest BCUT2D eigenvalue weighted by molar-refractivity contribution is -0.922. The molecule has 1 saturated heterocycles. The summed E-state index contributed by atoms with van der Waals surface area (Å²) >= 11 is 0.